The van der Waals surface area contributed by atoms with E-state index in [1.165, 1.54) is 18.4 Å². The average molecular weight is 451 g/mol. The molecule has 0 radical (unpaired) electrons. The zero-order valence-corrected chi connectivity index (χ0v) is 19.7. The fraction of sp³-hybridized carbons (Fsp3) is 0.538. The van der Waals surface area contributed by atoms with Crippen molar-refractivity contribution in [2.24, 2.45) is 5.41 Å². The van der Waals surface area contributed by atoms with Crippen LogP contribution >= 0.6 is 0 Å². The van der Waals surface area contributed by atoms with Crippen LogP contribution in [0, 0.1) is 5.41 Å². The van der Waals surface area contributed by atoms with Crippen molar-refractivity contribution in [2.75, 3.05) is 38.5 Å². The number of carbonyl (C=O) groups is 1. The van der Waals surface area contributed by atoms with E-state index in [0.717, 1.165) is 57.1 Å². The summed E-state index contributed by atoms with van der Waals surface area (Å²) in [5.41, 5.74) is 8.23. The van der Waals surface area contributed by atoms with E-state index in [2.05, 4.69) is 35.9 Å². The molecule has 3 aliphatic heterocycles. The van der Waals surface area contributed by atoms with Gasteiger partial charge in [-0.1, -0.05) is 12.1 Å². The molecule has 4 heterocycles. The van der Waals surface area contributed by atoms with Gasteiger partial charge in [0.25, 0.3) is 5.91 Å². The number of likely N-dealkylation sites (tertiary alicyclic amines) is 2. The van der Waals surface area contributed by atoms with Gasteiger partial charge in [-0.3, -0.25) is 14.7 Å². The van der Waals surface area contributed by atoms with Crippen molar-refractivity contribution >= 4 is 11.6 Å². The molecule has 0 bridgehead atoms. The first-order chi connectivity index (χ1) is 15.8. The summed E-state index contributed by atoms with van der Waals surface area (Å²) in [6.45, 7) is 9.32. The Bertz CT molecular complexity index is 1020. The number of nitrogen functional groups attached to an aromatic ring is 1. The first-order valence-corrected chi connectivity index (χ1v) is 12.0. The van der Waals surface area contributed by atoms with Gasteiger partial charge >= 0.3 is 0 Å². The third kappa shape index (κ3) is 4.51. The van der Waals surface area contributed by atoms with Crippen LogP contribution < -0.4 is 15.2 Å². The van der Waals surface area contributed by atoms with Crippen LogP contribution in [0.25, 0.3) is 0 Å². The van der Waals surface area contributed by atoms with E-state index in [0.29, 0.717) is 23.3 Å². The molecule has 7 heteroatoms. The maximum atomic E-state index is 12.9. The molecule has 1 aromatic heterocycles. The lowest BCUT2D eigenvalue weighted by atomic mass is 9.71. The number of carbonyl (C=O) groups excluding carboxylic acids is 1. The molecule has 33 heavy (non-hydrogen) atoms. The van der Waals surface area contributed by atoms with Crippen LogP contribution in [-0.2, 0) is 6.54 Å². The van der Waals surface area contributed by atoms with E-state index in [4.69, 9.17) is 15.2 Å². The third-order valence-electron chi connectivity index (χ3n) is 7.52. The van der Waals surface area contributed by atoms with Crippen LogP contribution in [0.15, 0.2) is 36.7 Å². The highest BCUT2D eigenvalue weighted by Crippen LogP contribution is 2.43. The van der Waals surface area contributed by atoms with Crippen LogP contribution in [0.3, 0.4) is 0 Å². The minimum Gasteiger partial charge on any atom is -0.486 e. The van der Waals surface area contributed by atoms with Gasteiger partial charge in [0, 0.05) is 31.4 Å². The molecule has 1 spiro atoms. The molecule has 2 N–H and O–H groups in total. The monoisotopic (exact) mass is 450 g/mol. The predicted molar refractivity (Wildman–Crippen MR) is 127 cm³/mol. The van der Waals surface area contributed by atoms with Crippen molar-refractivity contribution in [1.82, 2.24) is 14.8 Å². The first-order valence-electron chi connectivity index (χ1n) is 12.0. The quantitative estimate of drug-likeness (QED) is 0.767. The number of rotatable bonds is 3. The molecule has 7 nitrogen and oxygen atoms in total. The molecular formula is C26H34N4O3. The molecule has 0 aliphatic carbocycles. The number of hydrogen-bond acceptors (Lipinski definition) is 6. The summed E-state index contributed by atoms with van der Waals surface area (Å²) in [5.74, 6) is 1.78. The Labute approximate surface area is 195 Å². The fourth-order valence-electron chi connectivity index (χ4n) is 5.35. The van der Waals surface area contributed by atoms with Crippen molar-refractivity contribution in [3.05, 3.63) is 47.8 Å². The van der Waals surface area contributed by atoms with E-state index in [-0.39, 0.29) is 11.5 Å². The van der Waals surface area contributed by atoms with E-state index in [9.17, 15) is 4.79 Å². The van der Waals surface area contributed by atoms with Crippen molar-refractivity contribution in [2.45, 2.75) is 51.7 Å². The summed E-state index contributed by atoms with van der Waals surface area (Å²) < 4.78 is 12.2. The number of benzene rings is 1. The van der Waals surface area contributed by atoms with Crippen molar-refractivity contribution in [3.8, 4) is 11.5 Å². The molecule has 1 aromatic carbocycles. The highest BCUT2D eigenvalue weighted by Gasteiger charge is 2.39. The van der Waals surface area contributed by atoms with Crippen molar-refractivity contribution < 1.29 is 14.3 Å². The summed E-state index contributed by atoms with van der Waals surface area (Å²) in [5, 5.41) is 0. The Morgan fingerprint density at radius 2 is 1.82 bits per heavy atom. The molecule has 1 amide bonds. The summed E-state index contributed by atoms with van der Waals surface area (Å²) in [6, 6.07) is 7.93. The van der Waals surface area contributed by atoms with E-state index >= 15 is 0 Å². The van der Waals surface area contributed by atoms with Gasteiger partial charge in [0.2, 0.25) is 0 Å². The number of nitrogens with zero attached hydrogens (tertiary/aromatic N) is 3. The standard InChI is InChI=1S/C26H34N4O3/c1-25(2)18-32-22-5-3-4-19(23(22)33-25)17-29-12-7-26(8-13-29)9-14-30(15-10-26)24(31)20-6-11-28-16-21(20)27/h3-6,11,16H,7-10,12-15,17-18,27H2,1-2H3. The lowest BCUT2D eigenvalue weighted by molar-refractivity contribution is 0.0163. The highest BCUT2D eigenvalue weighted by molar-refractivity contribution is 5.98. The van der Waals surface area contributed by atoms with Gasteiger partial charge in [0.05, 0.1) is 17.4 Å². The average Bonchev–Trinajstić information content (AvgIpc) is 2.81. The number of anilines is 1. The summed E-state index contributed by atoms with van der Waals surface area (Å²) in [4.78, 5) is 21.4. The predicted octanol–water partition coefficient (Wildman–Crippen LogP) is 3.73. The van der Waals surface area contributed by atoms with Gasteiger partial charge < -0.3 is 20.1 Å². The fourth-order valence-corrected chi connectivity index (χ4v) is 5.35. The Kier molecular flexibility index (Phi) is 5.69. The van der Waals surface area contributed by atoms with Crippen LogP contribution in [0.2, 0.25) is 0 Å². The smallest absolute Gasteiger partial charge is 0.256 e. The number of para-hydroxylation sites is 1. The van der Waals surface area contributed by atoms with Crippen molar-refractivity contribution in [1.29, 1.82) is 0 Å². The topological polar surface area (TPSA) is 80.9 Å². The number of amides is 1. The molecule has 5 rings (SSSR count). The van der Waals surface area contributed by atoms with Gasteiger partial charge in [-0.15, -0.1) is 0 Å². The lowest BCUT2D eigenvalue weighted by Crippen LogP contribution is -2.48. The second kappa shape index (κ2) is 8.52. The summed E-state index contributed by atoms with van der Waals surface area (Å²) >= 11 is 0. The van der Waals surface area contributed by atoms with Gasteiger partial charge in [-0.25, -0.2) is 0 Å². The molecular weight excluding hydrogens is 416 g/mol. The Hall–Kier alpha value is -2.80. The Balaban J connectivity index is 1.17. The number of aromatic nitrogens is 1. The molecule has 3 aliphatic rings. The van der Waals surface area contributed by atoms with Gasteiger partial charge in [0.15, 0.2) is 11.5 Å². The van der Waals surface area contributed by atoms with Crippen molar-refractivity contribution in [3.63, 3.8) is 0 Å². The Morgan fingerprint density at radius 1 is 1.09 bits per heavy atom. The number of pyridine rings is 1. The molecule has 2 fully saturated rings. The minimum atomic E-state index is -0.304. The van der Waals surface area contributed by atoms with Crippen LogP contribution in [0.1, 0.15) is 55.5 Å². The first kappa shape index (κ1) is 22.0. The second-order valence-corrected chi connectivity index (χ2v) is 10.4. The molecule has 176 valence electrons. The molecule has 2 aromatic rings. The normalized spacial score (nSPS) is 21.7. The van der Waals surface area contributed by atoms with Gasteiger partial charge in [-0.05, 0) is 70.2 Å². The summed E-state index contributed by atoms with van der Waals surface area (Å²) in [6.07, 6.45) is 7.64. The molecule has 0 atom stereocenters. The zero-order chi connectivity index (χ0) is 23.1. The number of nitrogens with two attached hydrogens (primary N) is 1. The molecule has 2 saturated heterocycles. The number of piperidine rings is 2. The Morgan fingerprint density at radius 3 is 2.55 bits per heavy atom. The van der Waals surface area contributed by atoms with Gasteiger partial charge in [0.1, 0.15) is 12.2 Å². The third-order valence-corrected chi connectivity index (χ3v) is 7.52. The maximum absolute atomic E-state index is 12.9. The van der Waals surface area contributed by atoms with Gasteiger partial charge in [-0.2, -0.15) is 0 Å². The lowest BCUT2D eigenvalue weighted by Gasteiger charge is -2.47. The number of fused-ring (bicyclic) bond motifs is 1. The van der Waals surface area contributed by atoms with E-state index < -0.39 is 0 Å². The van der Waals surface area contributed by atoms with Crippen LogP contribution in [0.4, 0.5) is 5.69 Å². The minimum absolute atomic E-state index is 0.0289. The van der Waals surface area contributed by atoms with E-state index in [1.54, 1.807) is 18.5 Å². The number of ether oxygens (including phenoxy) is 2. The molecule has 0 saturated carbocycles. The SMILES string of the molecule is CC1(C)COc2cccc(CN3CCC4(CC3)CCN(C(=O)c3ccncc3N)CC4)c2O1. The zero-order valence-electron chi connectivity index (χ0n) is 19.7. The van der Waals surface area contributed by atoms with Crippen LogP contribution in [-0.4, -0.2) is 59.1 Å². The van der Waals surface area contributed by atoms with E-state index in [1.807, 2.05) is 11.0 Å². The molecule has 0 unspecified atom stereocenters. The van der Waals surface area contributed by atoms with Crippen LogP contribution in [0.5, 0.6) is 11.5 Å². The maximum Gasteiger partial charge on any atom is 0.256 e. The highest BCUT2D eigenvalue weighted by atomic mass is 16.6. The second-order valence-electron chi connectivity index (χ2n) is 10.4. The number of hydrogen-bond donors (Lipinski definition) is 1. The summed E-state index contributed by atoms with van der Waals surface area (Å²) in [7, 11) is 0. The largest absolute Gasteiger partial charge is 0.486 e.